The first-order chi connectivity index (χ1) is 8.41. The molecule has 1 rings (SSSR count). The number of rotatable bonds is 5. The summed E-state index contributed by atoms with van der Waals surface area (Å²) in [5, 5.41) is 0. The van der Waals surface area contributed by atoms with E-state index in [1.807, 2.05) is 0 Å². The van der Waals surface area contributed by atoms with Crippen molar-refractivity contribution in [2.75, 3.05) is 13.2 Å². The van der Waals surface area contributed by atoms with Crippen molar-refractivity contribution < 1.29 is 27.4 Å². The van der Waals surface area contributed by atoms with Gasteiger partial charge in [-0.3, -0.25) is 4.79 Å². The van der Waals surface area contributed by atoms with E-state index in [1.54, 1.807) is 13.8 Å². The second-order valence-corrected chi connectivity index (χ2v) is 3.32. The van der Waals surface area contributed by atoms with Crippen molar-refractivity contribution in [2.45, 2.75) is 20.0 Å². The monoisotopic (exact) mass is 262 g/mol. The van der Waals surface area contributed by atoms with E-state index in [-0.39, 0.29) is 24.7 Å². The number of ketones is 1. The number of halogens is 3. The molecule has 0 aliphatic rings. The van der Waals surface area contributed by atoms with Gasteiger partial charge in [-0.05, 0) is 26.0 Å². The van der Waals surface area contributed by atoms with E-state index in [4.69, 9.17) is 9.47 Å². The van der Waals surface area contributed by atoms with Crippen LogP contribution in [0.1, 0.15) is 24.2 Å². The van der Waals surface area contributed by atoms with E-state index in [2.05, 4.69) is 0 Å². The number of hydrogen-bond acceptors (Lipinski definition) is 3. The molecule has 0 aliphatic carbocycles. The second kappa shape index (κ2) is 5.75. The third-order valence-corrected chi connectivity index (χ3v) is 2.07. The summed E-state index contributed by atoms with van der Waals surface area (Å²) in [6, 6.07) is 4.10. The van der Waals surface area contributed by atoms with E-state index in [0.29, 0.717) is 0 Å². The molecule has 1 aromatic rings. The predicted octanol–water partition coefficient (Wildman–Crippen LogP) is 3.23. The highest BCUT2D eigenvalue weighted by Crippen LogP contribution is 2.34. The number of benzene rings is 1. The quantitative estimate of drug-likeness (QED) is 0.764. The Morgan fingerprint density at radius 1 is 1.11 bits per heavy atom. The molecule has 0 heterocycles. The number of carbonyl (C=O) groups excluding carboxylic acids is 1. The molecule has 0 amide bonds. The Kier molecular flexibility index (Phi) is 4.58. The highest BCUT2D eigenvalue weighted by Gasteiger charge is 2.42. The zero-order chi connectivity index (χ0) is 13.8. The van der Waals surface area contributed by atoms with Crippen molar-refractivity contribution in [3.63, 3.8) is 0 Å². The van der Waals surface area contributed by atoms with Crippen molar-refractivity contribution in [3.05, 3.63) is 23.8 Å². The second-order valence-electron chi connectivity index (χ2n) is 3.32. The van der Waals surface area contributed by atoms with Crippen molar-refractivity contribution in [2.24, 2.45) is 0 Å². The number of ether oxygens (including phenoxy) is 2. The molecule has 3 nitrogen and oxygen atoms in total. The summed E-state index contributed by atoms with van der Waals surface area (Å²) in [5.41, 5.74) is -0.575. The lowest BCUT2D eigenvalue weighted by Gasteiger charge is -2.15. The third-order valence-electron chi connectivity index (χ3n) is 2.07. The summed E-state index contributed by atoms with van der Waals surface area (Å²) in [7, 11) is 0. The summed E-state index contributed by atoms with van der Waals surface area (Å²) in [6.07, 6.45) is -4.96. The zero-order valence-electron chi connectivity index (χ0n) is 10.0. The molecule has 0 atom stereocenters. The first-order valence-corrected chi connectivity index (χ1v) is 5.41. The average molecular weight is 262 g/mol. The smallest absolute Gasteiger partial charge is 0.455 e. The largest absolute Gasteiger partial charge is 0.493 e. The van der Waals surface area contributed by atoms with Crippen LogP contribution in [-0.4, -0.2) is 25.2 Å². The minimum atomic E-state index is -4.96. The summed E-state index contributed by atoms with van der Waals surface area (Å²) < 4.78 is 47.6. The third kappa shape index (κ3) is 3.15. The van der Waals surface area contributed by atoms with Crippen LogP contribution >= 0.6 is 0 Å². The lowest BCUT2D eigenvalue weighted by Crippen LogP contribution is -2.24. The number of alkyl halides is 3. The molecule has 0 fully saturated rings. The SMILES string of the molecule is CCOc1cccc(OCC)c1C(=O)C(F)(F)F. The Morgan fingerprint density at radius 2 is 1.56 bits per heavy atom. The molecule has 0 saturated carbocycles. The van der Waals surface area contributed by atoms with Gasteiger partial charge < -0.3 is 9.47 Å². The Bertz CT molecular complexity index is 403. The van der Waals surface area contributed by atoms with Gasteiger partial charge >= 0.3 is 6.18 Å². The maximum absolute atomic E-state index is 12.5. The fourth-order valence-electron chi connectivity index (χ4n) is 1.43. The highest BCUT2D eigenvalue weighted by atomic mass is 19.4. The molecule has 0 radical (unpaired) electrons. The molecule has 0 N–H and O–H groups in total. The molecule has 6 heteroatoms. The normalized spacial score (nSPS) is 11.2. The van der Waals surface area contributed by atoms with Crippen molar-refractivity contribution in [1.29, 1.82) is 0 Å². The van der Waals surface area contributed by atoms with Gasteiger partial charge in [0.1, 0.15) is 17.1 Å². The average Bonchev–Trinajstić information content (AvgIpc) is 2.28. The Hall–Kier alpha value is -1.72. The van der Waals surface area contributed by atoms with Crippen LogP contribution in [0.5, 0.6) is 11.5 Å². The predicted molar refractivity (Wildman–Crippen MR) is 59.2 cm³/mol. The minimum absolute atomic E-state index is 0.120. The first-order valence-electron chi connectivity index (χ1n) is 5.41. The van der Waals surface area contributed by atoms with Crippen molar-refractivity contribution in [1.82, 2.24) is 0 Å². The zero-order valence-corrected chi connectivity index (χ0v) is 10.0. The Labute approximate surface area is 103 Å². The van der Waals surface area contributed by atoms with E-state index >= 15 is 0 Å². The van der Waals surface area contributed by atoms with Crippen LogP contribution in [0.25, 0.3) is 0 Å². The molecular weight excluding hydrogens is 249 g/mol. The van der Waals surface area contributed by atoms with Crippen LogP contribution in [0.15, 0.2) is 18.2 Å². The number of Topliss-reactive ketones (excluding diaryl/α,β-unsaturated/α-hetero) is 1. The van der Waals surface area contributed by atoms with Gasteiger partial charge in [0.2, 0.25) is 0 Å². The first kappa shape index (κ1) is 14.3. The van der Waals surface area contributed by atoms with Gasteiger partial charge in [0.05, 0.1) is 13.2 Å². The maximum atomic E-state index is 12.5. The Balaban J connectivity index is 3.30. The van der Waals surface area contributed by atoms with E-state index in [9.17, 15) is 18.0 Å². The molecule has 0 aromatic heterocycles. The van der Waals surface area contributed by atoms with Gasteiger partial charge in [0.25, 0.3) is 5.78 Å². The van der Waals surface area contributed by atoms with Crippen LogP contribution in [0, 0.1) is 0 Å². The topological polar surface area (TPSA) is 35.5 Å². The molecule has 100 valence electrons. The molecule has 0 unspecified atom stereocenters. The van der Waals surface area contributed by atoms with E-state index in [1.165, 1.54) is 18.2 Å². The summed E-state index contributed by atoms with van der Waals surface area (Å²) in [4.78, 5) is 11.4. The highest BCUT2D eigenvalue weighted by molar-refractivity contribution is 6.04. The van der Waals surface area contributed by atoms with Gasteiger partial charge in [-0.2, -0.15) is 13.2 Å². The number of hydrogen-bond donors (Lipinski definition) is 0. The summed E-state index contributed by atoms with van der Waals surface area (Å²) in [5.74, 6) is -2.20. The van der Waals surface area contributed by atoms with Gasteiger partial charge in [-0.25, -0.2) is 0 Å². The number of carbonyl (C=O) groups is 1. The van der Waals surface area contributed by atoms with Gasteiger partial charge in [-0.15, -0.1) is 0 Å². The Morgan fingerprint density at radius 3 is 1.89 bits per heavy atom. The van der Waals surface area contributed by atoms with Crippen LogP contribution < -0.4 is 9.47 Å². The molecule has 18 heavy (non-hydrogen) atoms. The van der Waals surface area contributed by atoms with Crippen LogP contribution in [-0.2, 0) is 0 Å². The summed E-state index contributed by atoms with van der Waals surface area (Å²) in [6.45, 7) is 3.56. The van der Waals surface area contributed by atoms with Crippen molar-refractivity contribution in [3.8, 4) is 11.5 Å². The molecular formula is C12H13F3O3. The fourth-order valence-corrected chi connectivity index (χ4v) is 1.43. The minimum Gasteiger partial charge on any atom is -0.493 e. The van der Waals surface area contributed by atoms with Crippen molar-refractivity contribution >= 4 is 5.78 Å². The lowest BCUT2D eigenvalue weighted by molar-refractivity contribution is -0.0888. The van der Waals surface area contributed by atoms with E-state index in [0.717, 1.165) is 0 Å². The molecule has 0 aliphatic heterocycles. The molecule has 0 saturated heterocycles. The molecule has 0 spiro atoms. The van der Waals surface area contributed by atoms with Gasteiger partial charge in [0.15, 0.2) is 0 Å². The maximum Gasteiger partial charge on any atom is 0.455 e. The lowest BCUT2D eigenvalue weighted by atomic mass is 10.1. The fraction of sp³-hybridized carbons (Fsp3) is 0.417. The van der Waals surface area contributed by atoms with E-state index < -0.39 is 17.5 Å². The van der Waals surface area contributed by atoms with Crippen LogP contribution in [0.4, 0.5) is 13.2 Å². The summed E-state index contributed by atoms with van der Waals surface area (Å²) >= 11 is 0. The molecule has 0 bridgehead atoms. The van der Waals surface area contributed by atoms with Crippen LogP contribution in [0.2, 0.25) is 0 Å². The van der Waals surface area contributed by atoms with Gasteiger partial charge in [0, 0.05) is 0 Å². The standard InChI is InChI=1S/C12H13F3O3/c1-3-17-8-6-5-7-9(18-4-2)10(8)11(16)12(13,14)15/h5-7H,3-4H2,1-2H3. The molecule has 1 aromatic carbocycles. The van der Waals surface area contributed by atoms with Crippen LogP contribution in [0.3, 0.4) is 0 Å². The van der Waals surface area contributed by atoms with Gasteiger partial charge in [-0.1, -0.05) is 6.07 Å².